The lowest BCUT2D eigenvalue weighted by Crippen LogP contribution is -2.28. The van der Waals surface area contributed by atoms with Gasteiger partial charge in [0.25, 0.3) is 0 Å². The predicted octanol–water partition coefficient (Wildman–Crippen LogP) is 4.00. The van der Waals surface area contributed by atoms with Crippen molar-refractivity contribution in [1.82, 2.24) is 4.98 Å². The number of aromatic nitrogens is 1. The number of nitrogens with one attached hydrogen (secondary N) is 1. The SMILES string of the molecule is COc1ccc(Cl)cc1N1CC(C(=O)Nc2cccc(-c3cnco3)c2)CC1=O. The van der Waals surface area contributed by atoms with Crippen LogP contribution in [0.2, 0.25) is 5.02 Å². The fraction of sp³-hybridized carbons (Fsp3) is 0.190. The van der Waals surface area contributed by atoms with Gasteiger partial charge >= 0.3 is 0 Å². The summed E-state index contributed by atoms with van der Waals surface area (Å²) in [4.78, 5) is 30.8. The van der Waals surface area contributed by atoms with E-state index in [1.54, 1.807) is 41.4 Å². The summed E-state index contributed by atoms with van der Waals surface area (Å²) in [7, 11) is 1.53. The molecule has 0 aliphatic carbocycles. The number of ether oxygens (including phenoxy) is 1. The van der Waals surface area contributed by atoms with Crippen molar-refractivity contribution in [3.05, 3.63) is 60.1 Å². The van der Waals surface area contributed by atoms with Gasteiger partial charge in [-0.2, -0.15) is 0 Å². The third-order valence-corrected chi connectivity index (χ3v) is 5.01. The van der Waals surface area contributed by atoms with E-state index in [0.717, 1.165) is 5.56 Å². The topological polar surface area (TPSA) is 84.7 Å². The van der Waals surface area contributed by atoms with E-state index in [1.807, 2.05) is 12.1 Å². The Bertz CT molecular complexity index is 1050. The van der Waals surface area contributed by atoms with Crippen LogP contribution in [0.25, 0.3) is 11.3 Å². The van der Waals surface area contributed by atoms with Gasteiger partial charge in [0, 0.05) is 29.2 Å². The maximum atomic E-state index is 12.8. The van der Waals surface area contributed by atoms with Crippen LogP contribution in [0, 0.1) is 5.92 Å². The molecule has 2 amide bonds. The molecule has 7 nitrogen and oxygen atoms in total. The molecule has 2 aromatic carbocycles. The second-order valence-corrected chi connectivity index (χ2v) is 7.09. The summed E-state index contributed by atoms with van der Waals surface area (Å²) >= 11 is 6.08. The quantitative estimate of drug-likeness (QED) is 0.686. The van der Waals surface area contributed by atoms with Crippen molar-refractivity contribution in [2.24, 2.45) is 5.92 Å². The number of hydrogen-bond donors (Lipinski definition) is 1. The molecular weight excluding hydrogens is 394 g/mol. The van der Waals surface area contributed by atoms with Crippen LogP contribution in [-0.4, -0.2) is 30.5 Å². The molecule has 8 heteroatoms. The van der Waals surface area contributed by atoms with E-state index in [0.29, 0.717) is 27.9 Å². The zero-order valence-corrected chi connectivity index (χ0v) is 16.3. The molecule has 1 saturated heterocycles. The first-order valence-corrected chi connectivity index (χ1v) is 9.36. The van der Waals surface area contributed by atoms with Gasteiger partial charge in [0.2, 0.25) is 11.8 Å². The standard InChI is InChI=1S/C21H18ClN3O4/c1-28-18-6-5-15(22)9-17(18)25-11-14(8-20(25)26)21(27)24-16-4-2-3-13(7-16)19-10-23-12-29-19/h2-7,9-10,12,14H,8,11H2,1H3,(H,24,27). The number of rotatable bonds is 5. The van der Waals surface area contributed by atoms with E-state index in [4.69, 9.17) is 20.8 Å². The number of methoxy groups -OCH3 is 1. The van der Waals surface area contributed by atoms with Gasteiger partial charge in [-0.05, 0) is 30.3 Å². The third kappa shape index (κ3) is 3.95. The van der Waals surface area contributed by atoms with Crippen LogP contribution in [0.4, 0.5) is 11.4 Å². The molecule has 29 heavy (non-hydrogen) atoms. The normalized spacial score (nSPS) is 16.1. The Balaban J connectivity index is 1.49. The summed E-state index contributed by atoms with van der Waals surface area (Å²) < 4.78 is 10.6. The van der Waals surface area contributed by atoms with Crippen LogP contribution in [0.15, 0.2) is 59.5 Å². The van der Waals surface area contributed by atoms with E-state index in [2.05, 4.69) is 10.3 Å². The minimum atomic E-state index is -0.486. The number of benzene rings is 2. The maximum absolute atomic E-state index is 12.8. The Morgan fingerprint density at radius 3 is 2.93 bits per heavy atom. The average Bonchev–Trinajstić information content (AvgIpc) is 3.38. The highest BCUT2D eigenvalue weighted by Crippen LogP contribution is 2.35. The Morgan fingerprint density at radius 2 is 2.17 bits per heavy atom. The molecule has 1 unspecified atom stereocenters. The highest BCUT2D eigenvalue weighted by molar-refractivity contribution is 6.31. The van der Waals surface area contributed by atoms with Gasteiger partial charge in [-0.15, -0.1) is 0 Å². The fourth-order valence-electron chi connectivity index (χ4n) is 3.34. The van der Waals surface area contributed by atoms with E-state index in [-0.39, 0.29) is 24.8 Å². The maximum Gasteiger partial charge on any atom is 0.229 e. The fourth-order valence-corrected chi connectivity index (χ4v) is 3.51. The number of carbonyl (C=O) groups excluding carboxylic acids is 2. The lowest BCUT2D eigenvalue weighted by Gasteiger charge is -2.20. The van der Waals surface area contributed by atoms with Crippen LogP contribution in [-0.2, 0) is 9.59 Å². The zero-order valence-electron chi connectivity index (χ0n) is 15.6. The molecule has 1 aromatic heterocycles. The van der Waals surface area contributed by atoms with Gasteiger partial charge in [-0.3, -0.25) is 9.59 Å². The van der Waals surface area contributed by atoms with Crippen LogP contribution in [0.1, 0.15) is 6.42 Å². The first-order valence-electron chi connectivity index (χ1n) is 8.99. The smallest absolute Gasteiger partial charge is 0.229 e. The van der Waals surface area contributed by atoms with Crippen molar-refractivity contribution >= 4 is 34.8 Å². The van der Waals surface area contributed by atoms with Gasteiger partial charge in [0.15, 0.2) is 12.2 Å². The molecule has 148 valence electrons. The second-order valence-electron chi connectivity index (χ2n) is 6.66. The highest BCUT2D eigenvalue weighted by atomic mass is 35.5. The zero-order chi connectivity index (χ0) is 20.4. The van der Waals surface area contributed by atoms with Gasteiger partial charge in [-0.1, -0.05) is 23.7 Å². The van der Waals surface area contributed by atoms with Crippen LogP contribution >= 0.6 is 11.6 Å². The summed E-state index contributed by atoms with van der Waals surface area (Å²) in [5, 5.41) is 3.37. The van der Waals surface area contributed by atoms with Crippen LogP contribution in [0.3, 0.4) is 0 Å². The molecule has 3 aromatic rings. The van der Waals surface area contributed by atoms with Crippen molar-refractivity contribution in [2.45, 2.75) is 6.42 Å². The first kappa shape index (κ1) is 19.0. The van der Waals surface area contributed by atoms with Crippen molar-refractivity contribution < 1.29 is 18.7 Å². The number of amides is 2. The number of nitrogens with zero attached hydrogens (tertiary/aromatic N) is 2. The van der Waals surface area contributed by atoms with Gasteiger partial charge < -0.3 is 19.4 Å². The summed E-state index contributed by atoms with van der Waals surface area (Å²) in [5.41, 5.74) is 1.98. The number of anilines is 2. The van der Waals surface area contributed by atoms with E-state index in [1.165, 1.54) is 13.5 Å². The average molecular weight is 412 g/mol. The monoisotopic (exact) mass is 411 g/mol. The minimum Gasteiger partial charge on any atom is -0.495 e. The molecule has 0 bridgehead atoms. The molecule has 1 fully saturated rings. The van der Waals surface area contributed by atoms with Gasteiger partial charge in [0.05, 0.1) is 24.9 Å². The molecule has 0 radical (unpaired) electrons. The van der Waals surface area contributed by atoms with Crippen molar-refractivity contribution in [3.63, 3.8) is 0 Å². The second kappa shape index (κ2) is 7.97. The Labute approximate surface area is 172 Å². The number of halogens is 1. The lowest BCUT2D eigenvalue weighted by atomic mass is 10.1. The van der Waals surface area contributed by atoms with Crippen LogP contribution in [0.5, 0.6) is 5.75 Å². The Kier molecular flexibility index (Phi) is 5.22. The largest absolute Gasteiger partial charge is 0.495 e. The first-order chi connectivity index (χ1) is 14.0. The molecule has 4 rings (SSSR count). The molecular formula is C21H18ClN3O4. The molecule has 1 aliphatic rings. The predicted molar refractivity (Wildman–Crippen MR) is 109 cm³/mol. The highest BCUT2D eigenvalue weighted by Gasteiger charge is 2.36. The molecule has 1 atom stereocenters. The van der Waals surface area contributed by atoms with Gasteiger partial charge in [0.1, 0.15) is 5.75 Å². The summed E-state index contributed by atoms with van der Waals surface area (Å²) in [6, 6.07) is 12.3. The number of carbonyl (C=O) groups is 2. The number of hydrogen-bond acceptors (Lipinski definition) is 5. The number of oxazole rings is 1. The molecule has 1 N–H and O–H groups in total. The van der Waals surface area contributed by atoms with Crippen molar-refractivity contribution in [2.75, 3.05) is 23.9 Å². The summed E-state index contributed by atoms with van der Waals surface area (Å²) in [5.74, 6) is 0.276. The minimum absolute atomic E-state index is 0.114. The summed E-state index contributed by atoms with van der Waals surface area (Å²) in [6.45, 7) is 0.253. The molecule has 0 spiro atoms. The molecule has 2 heterocycles. The van der Waals surface area contributed by atoms with E-state index < -0.39 is 5.92 Å². The summed E-state index contributed by atoms with van der Waals surface area (Å²) in [6.07, 6.45) is 3.07. The lowest BCUT2D eigenvalue weighted by molar-refractivity contribution is -0.122. The third-order valence-electron chi connectivity index (χ3n) is 4.77. The van der Waals surface area contributed by atoms with E-state index >= 15 is 0 Å². The van der Waals surface area contributed by atoms with E-state index in [9.17, 15) is 9.59 Å². The van der Waals surface area contributed by atoms with Gasteiger partial charge in [-0.25, -0.2) is 4.98 Å². The molecule has 1 aliphatic heterocycles. The van der Waals surface area contributed by atoms with Crippen molar-refractivity contribution in [3.8, 4) is 17.1 Å². The molecule has 0 saturated carbocycles. The Morgan fingerprint density at radius 1 is 1.31 bits per heavy atom. The Hall–Kier alpha value is -3.32. The van der Waals surface area contributed by atoms with Crippen LogP contribution < -0.4 is 15.0 Å². The van der Waals surface area contributed by atoms with Crippen molar-refractivity contribution in [1.29, 1.82) is 0 Å².